The average Bonchev–Trinajstić information content (AvgIpc) is 3.46. The molecule has 3 aromatic rings. The summed E-state index contributed by atoms with van der Waals surface area (Å²) in [6, 6.07) is 10.1. The van der Waals surface area contributed by atoms with Gasteiger partial charge in [0.05, 0.1) is 11.5 Å². The van der Waals surface area contributed by atoms with Crippen LogP contribution in [-0.2, 0) is 16.9 Å². The van der Waals surface area contributed by atoms with Gasteiger partial charge in [-0.25, -0.2) is 4.98 Å². The highest BCUT2D eigenvalue weighted by Gasteiger charge is 2.61. The quantitative estimate of drug-likeness (QED) is 0.197. The lowest BCUT2D eigenvalue weighted by molar-refractivity contribution is -0.384. The predicted molar refractivity (Wildman–Crippen MR) is 138 cm³/mol. The minimum Gasteiger partial charge on any atom is -0.415 e. The lowest BCUT2D eigenvalue weighted by atomic mass is 9.95. The maximum atomic E-state index is 14.9. The Morgan fingerprint density at radius 3 is 2.67 bits per heavy atom. The second kappa shape index (κ2) is 10.3. The van der Waals surface area contributed by atoms with Crippen LogP contribution in [0.4, 0.5) is 24.7 Å². The molecule has 2 atom stereocenters. The van der Waals surface area contributed by atoms with Crippen LogP contribution in [-0.4, -0.2) is 38.9 Å². The molecule has 12 heteroatoms. The third-order valence-electron chi connectivity index (χ3n) is 7.87. The van der Waals surface area contributed by atoms with Gasteiger partial charge in [0.25, 0.3) is 11.8 Å². The molecule has 2 aliphatic heterocycles. The van der Waals surface area contributed by atoms with E-state index in [0.717, 1.165) is 37.8 Å². The van der Waals surface area contributed by atoms with E-state index in [1.54, 1.807) is 36.4 Å². The van der Waals surface area contributed by atoms with Crippen molar-refractivity contribution in [3.8, 4) is 11.6 Å². The first-order valence-electron chi connectivity index (χ1n) is 13.5. The molecule has 1 unspecified atom stereocenters. The number of alkyl halides is 3. The van der Waals surface area contributed by atoms with E-state index in [0.29, 0.717) is 17.8 Å². The minimum absolute atomic E-state index is 0.0513. The highest BCUT2D eigenvalue weighted by atomic mass is 19.4. The second-order valence-electron chi connectivity index (χ2n) is 10.5. The molecule has 40 heavy (non-hydrogen) atoms. The first-order chi connectivity index (χ1) is 19.3. The van der Waals surface area contributed by atoms with E-state index < -0.39 is 34.9 Å². The Balaban J connectivity index is 1.50. The van der Waals surface area contributed by atoms with Crippen LogP contribution in [0.25, 0.3) is 11.6 Å². The molecule has 2 fully saturated rings. The zero-order valence-electron chi connectivity index (χ0n) is 21.6. The summed E-state index contributed by atoms with van der Waals surface area (Å²) in [5.41, 5.74) is -2.20. The van der Waals surface area contributed by atoms with Gasteiger partial charge in [-0.15, -0.1) is 10.2 Å². The fraction of sp³-hybridized carbons (Fsp3) is 0.464. The zero-order valence-corrected chi connectivity index (χ0v) is 21.6. The number of halogens is 3. The molecule has 6 rings (SSSR count). The maximum Gasteiger partial charge on any atom is 0.426 e. The second-order valence-corrected chi connectivity index (χ2v) is 10.5. The van der Waals surface area contributed by atoms with Crippen molar-refractivity contribution in [2.24, 2.45) is 0 Å². The summed E-state index contributed by atoms with van der Waals surface area (Å²) in [4.78, 5) is 18.4. The van der Waals surface area contributed by atoms with Gasteiger partial charge in [0.2, 0.25) is 11.3 Å². The number of anilines is 1. The molecular weight excluding hydrogens is 527 g/mol. The van der Waals surface area contributed by atoms with Crippen molar-refractivity contribution in [1.82, 2.24) is 15.2 Å². The fourth-order valence-corrected chi connectivity index (χ4v) is 5.60. The Bertz CT molecular complexity index is 1420. The van der Waals surface area contributed by atoms with Gasteiger partial charge in [-0.3, -0.25) is 10.1 Å². The molecule has 0 spiro atoms. The summed E-state index contributed by atoms with van der Waals surface area (Å²) < 4.78 is 55.9. The van der Waals surface area contributed by atoms with Crippen molar-refractivity contribution in [2.75, 3.05) is 11.4 Å². The fourth-order valence-electron chi connectivity index (χ4n) is 5.60. The van der Waals surface area contributed by atoms with Gasteiger partial charge in [0.1, 0.15) is 5.82 Å². The molecule has 2 aromatic heterocycles. The number of nitrogens with zero attached hydrogens (tertiary/aromatic N) is 5. The van der Waals surface area contributed by atoms with Gasteiger partial charge >= 0.3 is 11.9 Å². The van der Waals surface area contributed by atoms with E-state index in [2.05, 4.69) is 20.1 Å². The smallest absolute Gasteiger partial charge is 0.415 e. The van der Waals surface area contributed by atoms with Crippen LogP contribution in [0.15, 0.2) is 53.0 Å². The summed E-state index contributed by atoms with van der Waals surface area (Å²) in [5, 5.41) is 19.8. The van der Waals surface area contributed by atoms with Gasteiger partial charge in [0, 0.05) is 24.2 Å². The monoisotopic (exact) mass is 555 g/mol. The van der Waals surface area contributed by atoms with E-state index in [1.807, 2.05) is 6.08 Å². The van der Waals surface area contributed by atoms with Gasteiger partial charge in [-0.1, -0.05) is 42.5 Å². The SMILES string of the molecule is O=[N+]([O-])c1cc(C2CC2)c2nc1-c1nnc(o1)C(OCc1ccccc1)(C(F)(F)F)CC/C=C\C[C@@H]1CCCN21. The Labute approximate surface area is 228 Å². The van der Waals surface area contributed by atoms with E-state index >= 15 is 0 Å². The number of hydrogen-bond acceptors (Lipinski definition) is 8. The number of ether oxygens (including phenoxy) is 1. The van der Waals surface area contributed by atoms with E-state index in [4.69, 9.17) is 9.15 Å². The third-order valence-corrected chi connectivity index (χ3v) is 7.87. The number of allylic oxidation sites excluding steroid dienone is 1. The van der Waals surface area contributed by atoms with Crippen molar-refractivity contribution in [3.63, 3.8) is 0 Å². The van der Waals surface area contributed by atoms with Crippen molar-refractivity contribution in [2.45, 2.75) is 75.3 Å². The van der Waals surface area contributed by atoms with Gasteiger partial charge in [0.15, 0.2) is 0 Å². The third kappa shape index (κ3) is 4.85. The number of fused-ring (bicyclic) bond motifs is 7. The lowest BCUT2D eigenvalue weighted by Gasteiger charge is -2.32. The maximum absolute atomic E-state index is 14.9. The molecule has 0 N–H and O–H groups in total. The van der Waals surface area contributed by atoms with Crippen LogP contribution >= 0.6 is 0 Å². The average molecular weight is 556 g/mol. The summed E-state index contributed by atoms with van der Waals surface area (Å²) >= 11 is 0. The Kier molecular flexibility index (Phi) is 6.81. The van der Waals surface area contributed by atoms with Crippen molar-refractivity contribution >= 4 is 11.5 Å². The van der Waals surface area contributed by atoms with Crippen LogP contribution in [0.3, 0.4) is 0 Å². The molecule has 1 aliphatic carbocycles. The van der Waals surface area contributed by atoms with Gasteiger partial charge in [-0.2, -0.15) is 13.2 Å². The number of hydrogen-bond donors (Lipinski definition) is 0. The van der Waals surface area contributed by atoms with Crippen LogP contribution < -0.4 is 4.90 Å². The Hall–Kier alpha value is -3.80. The van der Waals surface area contributed by atoms with E-state index in [1.165, 1.54) is 6.07 Å². The molecule has 4 bridgehead atoms. The molecule has 0 radical (unpaired) electrons. The van der Waals surface area contributed by atoms with Crippen LogP contribution in [0.1, 0.15) is 67.9 Å². The Morgan fingerprint density at radius 2 is 1.95 bits per heavy atom. The summed E-state index contributed by atoms with van der Waals surface area (Å²) in [7, 11) is 0. The topological polar surface area (TPSA) is 107 Å². The zero-order chi connectivity index (χ0) is 27.9. The summed E-state index contributed by atoms with van der Waals surface area (Å²) in [6.45, 7) is 0.388. The highest BCUT2D eigenvalue weighted by molar-refractivity contribution is 5.69. The van der Waals surface area contributed by atoms with Crippen molar-refractivity contribution < 1.29 is 27.2 Å². The molecule has 9 nitrogen and oxygen atoms in total. The molecule has 0 amide bonds. The molecule has 1 saturated carbocycles. The molecule has 4 heterocycles. The highest BCUT2D eigenvalue weighted by Crippen LogP contribution is 2.49. The van der Waals surface area contributed by atoms with Crippen LogP contribution in [0.2, 0.25) is 0 Å². The van der Waals surface area contributed by atoms with E-state index in [9.17, 15) is 23.3 Å². The largest absolute Gasteiger partial charge is 0.426 e. The number of benzene rings is 1. The van der Waals surface area contributed by atoms with Gasteiger partial charge < -0.3 is 14.1 Å². The Morgan fingerprint density at radius 1 is 1.15 bits per heavy atom. The predicted octanol–water partition coefficient (Wildman–Crippen LogP) is 6.60. The van der Waals surface area contributed by atoms with Crippen molar-refractivity contribution in [3.05, 3.63) is 75.7 Å². The van der Waals surface area contributed by atoms with Crippen molar-refractivity contribution in [1.29, 1.82) is 0 Å². The molecule has 1 aromatic carbocycles. The van der Waals surface area contributed by atoms with Gasteiger partial charge in [-0.05, 0) is 56.4 Å². The summed E-state index contributed by atoms with van der Waals surface area (Å²) in [6.07, 6.45) is 2.51. The van der Waals surface area contributed by atoms with E-state index in [-0.39, 0.29) is 36.4 Å². The number of aromatic nitrogens is 3. The van der Waals surface area contributed by atoms with Crippen LogP contribution in [0, 0.1) is 10.1 Å². The number of pyridine rings is 1. The summed E-state index contributed by atoms with van der Waals surface area (Å²) in [5.74, 6) is -0.475. The minimum atomic E-state index is -4.92. The standard InChI is InChI=1S/C28H28F3N5O4/c29-28(30,31)27(39-17-18-8-3-1-4-9-18)14-6-2-5-10-20-11-7-15-35(20)24-21(19-12-13-19)16-22(36(37)38)23(32-24)25-33-34-26(27)40-25/h1-5,8-9,16,19-20H,6-7,10-15,17H2/b5-2-/t20-,27?/m1/s1. The first kappa shape index (κ1) is 26.4. The molecule has 3 aliphatic rings. The first-order valence-corrected chi connectivity index (χ1v) is 13.5. The molecule has 1 saturated heterocycles. The lowest BCUT2D eigenvalue weighted by Crippen LogP contribution is -2.45. The molecular formula is C28H28F3N5O4. The molecule has 210 valence electrons. The normalized spacial score (nSPS) is 23.9. The number of rotatable bonds is 5. The number of nitro groups is 1. The van der Waals surface area contributed by atoms with Crippen LogP contribution in [0.5, 0.6) is 0 Å².